The number of thiophene rings is 1. The molecule has 0 bridgehead atoms. The summed E-state index contributed by atoms with van der Waals surface area (Å²) in [5.41, 5.74) is 0. The van der Waals surface area contributed by atoms with Crippen LogP contribution in [0.25, 0.3) is 0 Å². The lowest BCUT2D eigenvalue weighted by atomic mass is 10.2. The largest absolute Gasteiger partial charge is 0.480 e. The number of hydrogen-bond acceptors (Lipinski definition) is 3. The molecule has 0 unspecified atom stereocenters. The summed E-state index contributed by atoms with van der Waals surface area (Å²) in [6.45, 7) is 1.82. The van der Waals surface area contributed by atoms with E-state index in [1.54, 1.807) is 0 Å². The zero-order valence-electron chi connectivity index (χ0n) is 7.85. The van der Waals surface area contributed by atoms with E-state index in [0.29, 0.717) is 0 Å². The summed E-state index contributed by atoms with van der Waals surface area (Å²) in [4.78, 5) is 14.1. The molecule has 1 aliphatic rings. The summed E-state index contributed by atoms with van der Waals surface area (Å²) < 4.78 is 0. The van der Waals surface area contributed by atoms with E-state index in [0.717, 1.165) is 30.8 Å². The van der Waals surface area contributed by atoms with Crippen LogP contribution in [0.4, 0.5) is 0 Å². The Labute approximate surface area is 87.0 Å². The van der Waals surface area contributed by atoms with Crippen molar-refractivity contribution in [2.75, 3.05) is 13.1 Å². The zero-order valence-corrected chi connectivity index (χ0v) is 8.67. The Bertz CT molecular complexity index is 304. The molecule has 2 rings (SSSR count). The van der Waals surface area contributed by atoms with Gasteiger partial charge < -0.3 is 5.11 Å². The Kier molecular flexibility index (Phi) is 2.84. The standard InChI is InChI=1S/C10H13NO2S/c12-10(13)9(8-4-3-7-14-8)11-5-1-2-6-11/h3-4,7,9H,1-2,5-6H2,(H,12,13)/t9-/m1/s1. The zero-order chi connectivity index (χ0) is 9.97. The Morgan fingerprint density at radius 3 is 2.71 bits per heavy atom. The molecular formula is C10H13NO2S. The number of nitrogens with zero attached hydrogens (tertiary/aromatic N) is 1. The molecule has 14 heavy (non-hydrogen) atoms. The van der Waals surface area contributed by atoms with Crippen LogP contribution in [-0.2, 0) is 4.79 Å². The van der Waals surface area contributed by atoms with Gasteiger partial charge in [0.1, 0.15) is 6.04 Å². The van der Waals surface area contributed by atoms with Crippen LogP contribution in [0, 0.1) is 0 Å². The Hall–Kier alpha value is -0.870. The van der Waals surface area contributed by atoms with Crippen LogP contribution < -0.4 is 0 Å². The van der Waals surface area contributed by atoms with Crippen LogP contribution in [0.15, 0.2) is 17.5 Å². The van der Waals surface area contributed by atoms with Crippen molar-refractivity contribution in [1.29, 1.82) is 0 Å². The molecule has 2 heterocycles. The third-order valence-electron chi connectivity index (χ3n) is 2.55. The number of hydrogen-bond donors (Lipinski definition) is 1. The van der Waals surface area contributed by atoms with Gasteiger partial charge in [0.05, 0.1) is 0 Å². The monoisotopic (exact) mass is 211 g/mol. The number of carboxylic acids is 1. The van der Waals surface area contributed by atoms with Gasteiger partial charge in [0.15, 0.2) is 0 Å². The normalized spacial score (nSPS) is 19.7. The van der Waals surface area contributed by atoms with Crippen molar-refractivity contribution in [2.45, 2.75) is 18.9 Å². The minimum atomic E-state index is -0.727. The molecule has 0 radical (unpaired) electrons. The van der Waals surface area contributed by atoms with Gasteiger partial charge >= 0.3 is 5.97 Å². The van der Waals surface area contributed by atoms with Crippen molar-refractivity contribution >= 4 is 17.3 Å². The van der Waals surface area contributed by atoms with E-state index in [-0.39, 0.29) is 0 Å². The molecule has 0 aromatic carbocycles. The van der Waals surface area contributed by atoms with Crippen molar-refractivity contribution in [1.82, 2.24) is 4.90 Å². The van der Waals surface area contributed by atoms with Gasteiger partial charge in [-0.3, -0.25) is 9.69 Å². The summed E-state index contributed by atoms with van der Waals surface area (Å²) in [7, 11) is 0. The van der Waals surface area contributed by atoms with E-state index in [4.69, 9.17) is 0 Å². The first-order valence-corrected chi connectivity index (χ1v) is 5.67. The molecule has 1 N–H and O–H groups in total. The van der Waals surface area contributed by atoms with E-state index in [2.05, 4.69) is 0 Å². The average molecular weight is 211 g/mol. The van der Waals surface area contributed by atoms with Crippen molar-refractivity contribution in [2.24, 2.45) is 0 Å². The number of rotatable bonds is 3. The van der Waals surface area contributed by atoms with Crippen molar-refractivity contribution in [3.63, 3.8) is 0 Å². The lowest BCUT2D eigenvalue weighted by Gasteiger charge is -2.22. The Morgan fingerprint density at radius 1 is 1.50 bits per heavy atom. The molecule has 1 fully saturated rings. The summed E-state index contributed by atoms with van der Waals surface area (Å²) in [6, 6.07) is 3.39. The predicted octanol–water partition coefficient (Wildman–Crippen LogP) is 1.97. The molecule has 0 aliphatic carbocycles. The van der Waals surface area contributed by atoms with Crippen molar-refractivity contribution < 1.29 is 9.90 Å². The quantitative estimate of drug-likeness (QED) is 0.831. The van der Waals surface area contributed by atoms with Gasteiger partial charge in [0.2, 0.25) is 0 Å². The highest BCUT2D eigenvalue weighted by Gasteiger charge is 2.29. The van der Waals surface area contributed by atoms with Crippen LogP contribution in [0.1, 0.15) is 23.8 Å². The van der Waals surface area contributed by atoms with Crippen molar-refractivity contribution in [3.05, 3.63) is 22.4 Å². The van der Waals surface area contributed by atoms with Crippen LogP contribution in [0.5, 0.6) is 0 Å². The van der Waals surface area contributed by atoms with Gasteiger partial charge in [-0.2, -0.15) is 0 Å². The minimum Gasteiger partial charge on any atom is -0.480 e. The highest BCUT2D eigenvalue weighted by atomic mass is 32.1. The molecule has 1 aromatic heterocycles. The fourth-order valence-corrected chi connectivity index (χ4v) is 2.75. The second-order valence-electron chi connectivity index (χ2n) is 3.50. The van der Waals surface area contributed by atoms with Crippen LogP contribution in [-0.4, -0.2) is 29.1 Å². The molecule has 4 heteroatoms. The van der Waals surface area contributed by atoms with Gasteiger partial charge in [-0.05, 0) is 37.4 Å². The van der Waals surface area contributed by atoms with E-state index in [9.17, 15) is 9.90 Å². The van der Waals surface area contributed by atoms with Crippen LogP contribution in [0.2, 0.25) is 0 Å². The fraction of sp³-hybridized carbons (Fsp3) is 0.500. The minimum absolute atomic E-state index is 0.419. The molecule has 0 amide bonds. The van der Waals surface area contributed by atoms with Gasteiger partial charge in [0.25, 0.3) is 0 Å². The van der Waals surface area contributed by atoms with Gasteiger partial charge in [-0.15, -0.1) is 11.3 Å². The lowest BCUT2D eigenvalue weighted by molar-refractivity contribution is -0.143. The van der Waals surface area contributed by atoms with E-state index >= 15 is 0 Å². The fourth-order valence-electron chi connectivity index (χ4n) is 1.90. The second kappa shape index (κ2) is 4.11. The molecule has 0 saturated carbocycles. The highest BCUT2D eigenvalue weighted by molar-refractivity contribution is 7.10. The summed E-state index contributed by atoms with van der Waals surface area (Å²) >= 11 is 1.52. The van der Waals surface area contributed by atoms with Gasteiger partial charge in [-0.1, -0.05) is 6.07 Å². The van der Waals surface area contributed by atoms with E-state index in [1.807, 2.05) is 22.4 Å². The number of carboxylic acid groups (broad SMARTS) is 1. The maximum atomic E-state index is 11.1. The third-order valence-corrected chi connectivity index (χ3v) is 3.48. The number of carbonyl (C=O) groups is 1. The molecule has 3 nitrogen and oxygen atoms in total. The molecule has 1 aromatic rings. The Balaban J connectivity index is 2.19. The first kappa shape index (κ1) is 9.68. The molecule has 1 saturated heterocycles. The molecule has 1 aliphatic heterocycles. The molecule has 1 atom stereocenters. The molecule has 76 valence electrons. The van der Waals surface area contributed by atoms with Crippen molar-refractivity contribution in [3.8, 4) is 0 Å². The van der Waals surface area contributed by atoms with Gasteiger partial charge in [-0.25, -0.2) is 0 Å². The maximum absolute atomic E-state index is 11.1. The van der Waals surface area contributed by atoms with E-state index < -0.39 is 12.0 Å². The first-order chi connectivity index (χ1) is 6.79. The Morgan fingerprint density at radius 2 is 2.21 bits per heavy atom. The lowest BCUT2D eigenvalue weighted by Crippen LogP contribution is -2.31. The average Bonchev–Trinajstić information content (AvgIpc) is 2.75. The SMILES string of the molecule is O=C(O)[C@@H](c1cccs1)N1CCCC1. The summed E-state index contributed by atoms with van der Waals surface area (Å²) in [5.74, 6) is -0.727. The number of aliphatic carboxylic acids is 1. The topological polar surface area (TPSA) is 40.5 Å². The molecular weight excluding hydrogens is 198 g/mol. The second-order valence-corrected chi connectivity index (χ2v) is 4.48. The predicted molar refractivity (Wildman–Crippen MR) is 55.5 cm³/mol. The number of likely N-dealkylation sites (tertiary alicyclic amines) is 1. The highest BCUT2D eigenvalue weighted by Crippen LogP contribution is 2.28. The van der Waals surface area contributed by atoms with Crippen LogP contribution >= 0.6 is 11.3 Å². The smallest absolute Gasteiger partial charge is 0.326 e. The van der Waals surface area contributed by atoms with E-state index in [1.165, 1.54) is 11.3 Å². The summed E-state index contributed by atoms with van der Waals surface area (Å²) in [6.07, 6.45) is 2.24. The first-order valence-electron chi connectivity index (χ1n) is 4.79. The van der Waals surface area contributed by atoms with Crippen LogP contribution in [0.3, 0.4) is 0 Å². The third kappa shape index (κ3) is 1.81. The molecule has 0 spiro atoms. The van der Waals surface area contributed by atoms with Gasteiger partial charge in [0, 0.05) is 4.88 Å². The maximum Gasteiger partial charge on any atom is 0.326 e. The summed E-state index contributed by atoms with van der Waals surface area (Å²) in [5, 5.41) is 11.1.